The van der Waals surface area contributed by atoms with E-state index >= 15 is 0 Å². The summed E-state index contributed by atoms with van der Waals surface area (Å²) >= 11 is 0. The lowest BCUT2D eigenvalue weighted by Crippen LogP contribution is -2.16. The molecular weight excluding hydrogens is 264 g/mol. The van der Waals surface area contributed by atoms with Crippen LogP contribution in [0.1, 0.15) is 11.3 Å². The monoisotopic (exact) mass is 278 g/mol. The second-order valence-corrected chi connectivity index (χ2v) is 5.04. The zero-order chi connectivity index (χ0) is 14.2. The molecule has 0 fully saturated rings. The molecule has 1 aliphatic rings. The SMILES string of the molecule is Nc1nc(-c2ccnc3ccccc23)nc2c1COCC2. The van der Waals surface area contributed by atoms with Crippen molar-refractivity contribution in [1.82, 2.24) is 15.0 Å². The first-order valence-electron chi connectivity index (χ1n) is 6.90. The number of para-hydroxylation sites is 1. The Kier molecular flexibility index (Phi) is 2.79. The highest BCUT2D eigenvalue weighted by Gasteiger charge is 2.18. The van der Waals surface area contributed by atoms with Gasteiger partial charge in [0.1, 0.15) is 5.82 Å². The summed E-state index contributed by atoms with van der Waals surface area (Å²) in [7, 11) is 0. The van der Waals surface area contributed by atoms with E-state index in [0.29, 0.717) is 24.9 Å². The van der Waals surface area contributed by atoms with Crippen molar-refractivity contribution < 1.29 is 4.74 Å². The lowest BCUT2D eigenvalue weighted by Gasteiger charge is -2.18. The van der Waals surface area contributed by atoms with E-state index in [4.69, 9.17) is 15.5 Å². The van der Waals surface area contributed by atoms with Crippen LogP contribution in [0.25, 0.3) is 22.3 Å². The van der Waals surface area contributed by atoms with E-state index in [1.165, 1.54) is 0 Å². The number of aromatic nitrogens is 3. The number of hydrogen-bond donors (Lipinski definition) is 1. The zero-order valence-electron chi connectivity index (χ0n) is 11.4. The Labute approximate surface area is 121 Å². The Morgan fingerprint density at radius 2 is 2.00 bits per heavy atom. The van der Waals surface area contributed by atoms with E-state index in [1.54, 1.807) is 6.20 Å². The number of fused-ring (bicyclic) bond motifs is 2. The van der Waals surface area contributed by atoms with Crippen molar-refractivity contribution in [3.05, 3.63) is 47.8 Å². The average molecular weight is 278 g/mol. The van der Waals surface area contributed by atoms with Crippen molar-refractivity contribution in [2.75, 3.05) is 12.3 Å². The van der Waals surface area contributed by atoms with Crippen LogP contribution in [0, 0.1) is 0 Å². The second kappa shape index (κ2) is 4.79. The second-order valence-electron chi connectivity index (χ2n) is 5.04. The predicted octanol–water partition coefficient (Wildman–Crippen LogP) is 2.35. The van der Waals surface area contributed by atoms with Gasteiger partial charge in [0.25, 0.3) is 0 Å². The van der Waals surface area contributed by atoms with Crippen molar-refractivity contribution in [2.45, 2.75) is 13.0 Å². The molecule has 2 N–H and O–H groups in total. The molecule has 0 saturated carbocycles. The molecule has 3 aromatic rings. The number of nitrogen functional groups attached to an aromatic ring is 1. The fourth-order valence-corrected chi connectivity index (χ4v) is 2.67. The van der Waals surface area contributed by atoms with Gasteiger partial charge in [-0.2, -0.15) is 0 Å². The fraction of sp³-hybridized carbons (Fsp3) is 0.188. The smallest absolute Gasteiger partial charge is 0.162 e. The van der Waals surface area contributed by atoms with Crippen LogP contribution in [0.5, 0.6) is 0 Å². The molecule has 1 aromatic carbocycles. The standard InChI is InChI=1S/C16H14N4O/c17-15-12-9-21-8-6-14(12)19-16(20-15)11-5-7-18-13-4-2-1-3-10(11)13/h1-5,7H,6,8-9H2,(H2,17,19,20). The molecule has 4 rings (SSSR count). The zero-order valence-corrected chi connectivity index (χ0v) is 11.4. The highest BCUT2D eigenvalue weighted by Crippen LogP contribution is 2.28. The largest absolute Gasteiger partial charge is 0.383 e. The van der Waals surface area contributed by atoms with Crippen LogP contribution in [0.3, 0.4) is 0 Å². The molecular formula is C16H14N4O. The van der Waals surface area contributed by atoms with Gasteiger partial charge >= 0.3 is 0 Å². The van der Waals surface area contributed by atoms with E-state index in [0.717, 1.165) is 34.1 Å². The number of hydrogen-bond acceptors (Lipinski definition) is 5. The molecule has 2 aromatic heterocycles. The Morgan fingerprint density at radius 3 is 2.95 bits per heavy atom. The molecule has 5 heteroatoms. The summed E-state index contributed by atoms with van der Waals surface area (Å²) in [6.07, 6.45) is 2.55. The molecule has 1 aliphatic heterocycles. The van der Waals surface area contributed by atoms with E-state index in [2.05, 4.69) is 9.97 Å². The van der Waals surface area contributed by atoms with Crippen molar-refractivity contribution in [2.24, 2.45) is 0 Å². The Bertz CT molecular complexity index is 826. The first-order valence-corrected chi connectivity index (χ1v) is 6.90. The summed E-state index contributed by atoms with van der Waals surface area (Å²) in [6, 6.07) is 9.90. The maximum Gasteiger partial charge on any atom is 0.162 e. The van der Waals surface area contributed by atoms with Crippen LogP contribution in [-0.2, 0) is 17.8 Å². The summed E-state index contributed by atoms with van der Waals surface area (Å²) in [5.74, 6) is 1.17. The lowest BCUT2D eigenvalue weighted by atomic mass is 10.1. The minimum absolute atomic E-state index is 0.499. The molecule has 0 saturated heterocycles. The third-order valence-electron chi connectivity index (χ3n) is 3.74. The molecule has 0 amide bonds. The molecule has 21 heavy (non-hydrogen) atoms. The quantitative estimate of drug-likeness (QED) is 0.739. The van der Waals surface area contributed by atoms with Gasteiger partial charge in [-0.3, -0.25) is 4.98 Å². The van der Waals surface area contributed by atoms with Crippen LogP contribution in [0.4, 0.5) is 5.82 Å². The van der Waals surface area contributed by atoms with Gasteiger partial charge in [-0.15, -0.1) is 0 Å². The lowest BCUT2D eigenvalue weighted by molar-refractivity contribution is 0.109. The third kappa shape index (κ3) is 2.02. The first kappa shape index (κ1) is 12.2. The number of benzene rings is 1. The molecule has 0 radical (unpaired) electrons. The summed E-state index contributed by atoms with van der Waals surface area (Å²) in [6.45, 7) is 1.18. The number of rotatable bonds is 1. The van der Waals surface area contributed by atoms with Gasteiger partial charge in [0, 0.05) is 29.1 Å². The van der Waals surface area contributed by atoms with Crippen LogP contribution < -0.4 is 5.73 Å². The molecule has 5 nitrogen and oxygen atoms in total. The molecule has 0 atom stereocenters. The minimum Gasteiger partial charge on any atom is -0.383 e. The van der Waals surface area contributed by atoms with Gasteiger partial charge in [0.2, 0.25) is 0 Å². The first-order chi connectivity index (χ1) is 10.3. The summed E-state index contributed by atoms with van der Waals surface area (Å²) in [5, 5.41) is 1.03. The number of nitrogens with two attached hydrogens (primary N) is 1. The normalized spacial score (nSPS) is 14.1. The number of pyridine rings is 1. The summed E-state index contributed by atoms with van der Waals surface area (Å²) < 4.78 is 5.42. The van der Waals surface area contributed by atoms with Crippen molar-refractivity contribution >= 4 is 16.7 Å². The Hall–Kier alpha value is -2.53. The van der Waals surface area contributed by atoms with E-state index in [-0.39, 0.29) is 0 Å². The van der Waals surface area contributed by atoms with E-state index in [9.17, 15) is 0 Å². The van der Waals surface area contributed by atoms with E-state index < -0.39 is 0 Å². The molecule has 104 valence electrons. The molecule has 0 spiro atoms. The van der Waals surface area contributed by atoms with E-state index in [1.807, 2.05) is 30.3 Å². The fourth-order valence-electron chi connectivity index (χ4n) is 2.67. The molecule has 3 heterocycles. The van der Waals surface area contributed by atoms with Gasteiger partial charge in [-0.1, -0.05) is 18.2 Å². The van der Waals surface area contributed by atoms with Crippen molar-refractivity contribution in [1.29, 1.82) is 0 Å². The maximum absolute atomic E-state index is 6.08. The van der Waals surface area contributed by atoms with Crippen LogP contribution >= 0.6 is 0 Å². The average Bonchev–Trinajstić information content (AvgIpc) is 2.54. The highest BCUT2D eigenvalue weighted by molar-refractivity contribution is 5.92. The highest BCUT2D eigenvalue weighted by atomic mass is 16.5. The Balaban J connectivity index is 1.95. The van der Waals surface area contributed by atoms with Crippen LogP contribution in [-0.4, -0.2) is 21.6 Å². The summed E-state index contributed by atoms with van der Waals surface area (Å²) in [4.78, 5) is 13.5. The van der Waals surface area contributed by atoms with Crippen LogP contribution in [0.15, 0.2) is 36.5 Å². The summed E-state index contributed by atoms with van der Waals surface area (Å²) in [5.41, 5.74) is 9.88. The van der Waals surface area contributed by atoms with Gasteiger partial charge in [-0.25, -0.2) is 9.97 Å². The molecule has 0 unspecified atom stereocenters. The Morgan fingerprint density at radius 1 is 1.10 bits per heavy atom. The number of anilines is 1. The topological polar surface area (TPSA) is 73.9 Å². The number of nitrogens with zero attached hydrogens (tertiary/aromatic N) is 3. The van der Waals surface area contributed by atoms with Gasteiger partial charge in [0.15, 0.2) is 5.82 Å². The van der Waals surface area contributed by atoms with Crippen LogP contribution in [0.2, 0.25) is 0 Å². The van der Waals surface area contributed by atoms with Gasteiger partial charge in [0.05, 0.1) is 24.4 Å². The number of ether oxygens (including phenoxy) is 1. The van der Waals surface area contributed by atoms with Gasteiger partial charge in [-0.05, 0) is 12.1 Å². The van der Waals surface area contributed by atoms with Crippen molar-refractivity contribution in [3.63, 3.8) is 0 Å². The van der Waals surface area contributed by atoms with Gasteiger partial charge < -0.3 is 10.5 Å². The maximum atomic E-state index is 6.08. The molecule has 0 bridgehead atoms. The van der Waals surface area contributed by atoms with Crippen molar-refractivity contribution in [3.8, 4) is 11.4 Å². The third-order valence-corrected chi connectivity index (χ3v) is 3.74. The minimum atomic E-state index is 0.499. The molecule has 0 aliphatic carbocycles. The predicted molar refractivity (Wildman–Crippen MR) is 80.5 cm³/mol.